The van der Waals surface area contributed by atoms with E-state index in [1.54, 1.807) is 0 Å². The van der Waals surface area contributed by atoms with Crippen LogP contribution >= 0.6 is 0 Å². The van der Waals surface area contributed by atoms with Crippen LogP contribution in [0.4, 0.5) is 0 Å². The first-order valence-electron chi connectivity index (χ1n) is 9.69. The number of fused-ring (bicyclic) bond motifs is 1. The van der Waals surface area contributed by atoms with Crippen molar-refractivity contribution < 1.29 is 4.79 Å². The number of nitrogens with zero attached hydrogens (tertiary/aromatic N) is 1. The second kappa shape index (κ2) is 6.85. The van der Waals surface area contributed by atoms with Crippen LogP contribution in [0, 0.1) is 0 Å². The minimum absolute atomic E-state index is 0.0590. The van der Waals surface area contributed by atoms with Gasteiger partial charge < -0.3 is 4.90 Å². The lowest BCUT2D eigenvalue weighted by molar-refractivity contribution is -0.136. The van der Waals surface area contributed by atoms with E-state index in [4.69, 9.17) is 0 Å². The van der Waals surface area contributed by atoms with Crippen molar-refractivity contribution in [2.75, 3.05) is 0 Å². The first-order chi connectivity index (χ1) is 11.8. The molecule has 1 aromatic rings. The van der Waals surface area contributed by atoms with Gasteiger partial charge in [-0.05, 0) is 56.1 Å². The van der Waals surface area contributed by atoms with E-state index in [0.29, 0.717) is 18.0 Å². The van der Waals surface area contributed by atoms with Crippen LogP contribution in [0.2, 0.25) is 0 Å². The number of hydrazine groups is 1. The second-order valence-electron chi connectivity index (χ2n) is 7.65. The number of hydrogen-bond acceptors (Lipinski definition) is 3. The Morgan fingerprint density at radius 1 is 1.21 bits per heavy atom. The van der Waals surface area contributed by atoms with E-state index in [-0.39, 0.29) is 12.1 Å². The SMILES string of the molecule is CCCC1CC(C(=O)N(C2CC2)C2CCCc3ccccc32)NN1. The third kappa shape index (κ3) is 3.09. The number of rotatable bonds is 5. The molecule has 4 rings (SSSR count). The monoisotopic (exact) mass is 327 g/mol. The van der Waals surface area contributed by atoms with Gasteiger partial charge in [0, 0.05) is 12.1 Å². The van der Waals surface area contributed by atoms with Crippen molar-refractivity contribution in [1.82, 2.24) is 15.8 Å². The molecule has 0 radical (unpaired) electrons. The Balaban J connectivity index is 1.54. The van der Waals surface area contributed by atoms with E-state index in [9.17, 15) is 4.79 Å². The zero-order valence-electron chi connectivity index (χ0n) is 14.6. The lowest BCUT2D eigenvalue weighted by Crippen LogP contribution is -2.48. The van der Waals surface area contributed by atoms with E-state index >= 15 is 0 Å². The van der Waals surface area contributed by atoms with Gasteiger partial charge in [0.15, 0.2) is 0 Å². The highest BCUT2D eigenvalue weighted by atomic mass is 16.2. The molecule has 1 amide bonds. The Morgan fingerprint density at radius 2 is 2.04 bits per heavy atom. The summed E-state index contributed by atoms with van der Waals surface area (Å²) in [5.41, 5.74) is 9.43. The Hall–Kier alpha value is -1.39. The second-order valence-corrected chi connectivity index (χ2v) is 7.65. The third-order valence-electron chi connectivity index (χ3n) is 5.79. The first kappa shape index (κ1) is 16.1. The number of amides is 1. The summed E-state index contributed by atoms with van der Waals surface area (Å²) in [6.07, 6.45) is 9.00. The average Bonchev–Trinajstić information content (AvgIpc) is 3.33. The van der Waals surface area contributed by atoms with Crippen LogP contribution in [0.15, 0.2) is 24.3 Å². The molecule has 1 heterocycles. The predicted octanol–water partition coefficient (Wildman–Crippen LogP) is 3.09. The van der Waals surface area contributed by atoms with Crippen molar-refractivity contribution in [2.24, 2.45) is 0 Å². The molecule has 1 saturated heterocycles. The average molecular weight is 327 g/mol. The van der Waals surface area contributed by atoms with E-state index in [1.807, 2.05) is 0 Å². The lowest BCUT2D eigenvalue weighted by atomic mass is 9.86. The Bertz CT molecular complexity index is 598. The minimum Gasteiger partial charge on any atom is -0.331 e. The summed E-state index contributed by atoms with van der Waals surface area (Å²) in [5, 5.41) is 0. The number of benzene rings is 1. The molecule has 3 aliphatic rings. The summed E-state index contributed by atoms with van der Waals surface area (Å²) in [6.45, 7) is 2.20. The zero-order chi connectivity index (χ0) is 16.5. The summed E-state index contributed by atoms with van der Waals surface area (Å²) >= 11 is 0. The van der Waals surface area contributed by atoms with E-state index < -0.39 is 0 Å². The molecule has 2 fully saturated rings. The minimum atomic E-state index is -0.0590. The normalized spacial score (nSPS) is 29.3. The molecule has 3 unspecified atom stereocenters. The maximum atomic E-state index is 13.3. The van der Waals surface area contributed by atoms with Gasteiger partial charge >= 0.3 is 0 Å². The van der Waals surface area contributed by atoms with E-state index in [2.05, 4.69) is 46.9 Å². The van der Waals surface area contributed by atoms with Crippen molar-refractivity contribution in [1.29, 1.82) is 0 Å². The molecule has 4 heteroatoms. The molecule has 1 aliphatic heterocycles. The van der Waals surface area contributed by atoms with Gasteiger partial charge in [-0.2, -0.15) is 0 Å². The number of aryl methyl sites for hydroxylation is 1. The number of nitrogens with one attached hydrogen (secondary N) is 2. The molecule has 1 saturated carbocycles. The molecule has 1 aromatic carbocycles. The highest BCUT2D eigenvalue weighted by molar-refractivity contribution is 5.83. The van der Waals surface area contributed by atoms with Crippen molar-refractivity contribution in [3.8, 4) is 0 Å². The van der Waals surface area contributed by atoms with E-state index in [0.717, 1.165) is 32.1 Å². The van der Waals surface area contributed by atoms with Crippen LogP contribution in [0.3, 0.4) is 0 Å². The predicted molar refractivity (Wildman–Crippen MR) is 95.4 cm³/mol. The largest absolute Gasteiger partial charge is 0.331 e. The van der Waals surface area contributed by atoms with Crippen LogP contribution in [0.5, 0.6) is 0 Å². The maximum absolute atomic E-state index is 13.3. The topological polar surface area (TPSA) is 44.4 Å². The molecule has 0 aromatic heterocycles. The maximum Gasteiger partial charge on any atom is 0.241 e. The summed E-state index contributed by atoms with van der Waals surface area (Å²) in [4.78, 5) is 15.6. The smallest absolute Gasteiger partial charge is 0.241 e. The molecule has 3 atom stereocenters. The van der Waals surface area contributed by atoms with Gasteiger partial charge in [-0.25, -0.2) is 5.43 Å². The number of carbonyl (C=O) groups excluding carboxylic acids is 1. The molecule has 0 bridgehead atoms. The summed E-state index contributed by atoms with van der Waals surface area (Å²) in [6, 6.07) is 9.84. The van der Waals surface area contributed by atoms with Gasteiger partial charge in [-0.3, -0.25) is 10.2 Å². The molecule has 0 spiro atoms. The standard InChI is InChI=1S/C20H29N3O/c1-2-6-15-13-18(22-21-15)20(24)23(16-11-12-16)19-10-5-8-14-7-3-4-9-17(14)19/h3-4,7,9,15-16,18-19,21-22H,2,5-6,8,10-13H2,1H3. The zero-order valence-corrected chi connectivity index (χ0v) is 14.6. The highest BCUT2D eigenvalue weighted by Gasteiger charge is 2.43. The van der Waals surface area contributed by atoms with Crippen molar-refractivity contribution in [3.63, 3.8) is 0 Å². The van der Waals surface area contributed by atoms with Crippen molar-refractivity contribution >= 4 is 5.91 Å². The van der Waals surface area contributed by atoms with Gasteiger partial charge in [-0.1, -0.05) is 37.6 Å². The molecule has 2 aliphatic carbocycles. The van der Waals surface area contributed by atoms with Gasteiger partial charge in [0.05, 0.1) is 6.04 Å². The van der Waals surface area contributed by atoms with Crippen molar-refractivity contribution in [3.05, 3.63) is 35.4 Å². The van der Waals surface area contributed by atoms with Gasteiger partial charge in [0.2, 0.25) is 5.91 Å². The van der Waals surface area contributed by atoms with Gasteiger partial charge in [-0.15, -0.1) is 0 Å². The summed E-state index contributed by atoms with van der Waals surface area (Å²) < 4.78 is 0. The van der Waals surface area contributed by atoms with Crippen molar-refractivity contribution in [2.45, 2.75) is 82.5 Å². The fraction of sp³-hybridized carbons (Fsp3) is 0.650. The quantitative estimate of drug-likeness (QED) is 0.873. The molecule has 4 nitrogen and oxygen atoms in total. The van der Waals surface area contributed by atoms with Gasteiger partial charge in [0.1, 0.15) is 6.04 Å². The summed E-state index contributed by atoms with van der Waals surface area (Å²) in [7, 11) is 0. The van der Waals surface area contributed by atoms with Crippen LogP contribution < -0.4 is 10.9 Å². The van der Waals surface area contributed by atoms with E-state index in [1.165, 1.54) is 30.4 Å². The fourth-order valence-electron chi connectivity index (χ4n) is 4.46. The van der Waals surface area contributed by atoms with Crippen LogP contribution in [0.1, 0.15) is 69.0 Å². The molecular weight excluding hydrogens is 298 g/mol. The molecular formula is C20H29N3O. The van der Waals surface area contributed by atoms with Crippen LogP contribution in [-0.4, -0.2) is 28.9 Å². The highest BCUT2D eigenvalue weighted by Crippen LogP contribution is 2.41. The fourth-order valence-corrected chi connectivity index (χ4v) is 4.46. The lowest BCUT2D eigenvalue weighted by Gasteiger charge is -2.37. The Labute approximate surface area is 145 Å². The number of hydrogen-bond donors (Lipinski definition) is 2. The Kier molecular flexibility index (Phi) is 4.59. The summed E-state index contributed by atoms with van der Waals surface area (Å²) in [5.74, 6) is 0.310. The van der Waals surface area contributed by atoms with Crippen LogP contribution in [0.25, 0.3) is 0 Å². The van der Waals surface area contributed by atoms with Gasteiger partial charge in [0.25, 0.3) is 0 Å². The first-order valence-corrected chi connectivity index (χ1v) is 9.69. The van der Waals surface area contributed by atoms with Crippen LogP contribution in [-0.2, 0) is 11.2 Å². The molecule has 2 N–H and O–H groups in total. The third-order valence-corrected chi connectivity index (χ3v) is 5.79. The Morgan fingerprint density at radius 3 is 2.83 bits per heavy atom. The molecule has 24 heavy (non-hydrogen) atoms. The number of carbonyl (C=O) groups is 1. The molecule has 130 valence electrons.